The molecule has 5 nitrogen and oxygen atoms in total. The van der Waals surface area contributed by atoms with Gasteiger partial charge in [-0.15, -0.1) is 0 Å². The molecule has 0 fully saturated rings. The predicted octanol–water partition coefficient (Wildman–Crippen LogP) is 3.69. The topological polar surface area (TPSA) is 67.8 Å². The number of rotatable bonds is 2. The van der Waals surface area contributed by atoms with Crippen molar-refractivity contribution in [1.82, 2.24) is 15.0 Å². The summed E-state index contributed by atoms with van der Waals surface area (Å²) < 4.78 is 0.596. The number of hydrogen-bond acceptors (Lipinski definition) is 4. The van der Waals surface area contributed by atoms with E-state index in [9.17, 15) is 4.79 Å². The van der Waals surface area contributed by atoms with Gasteiger partial charge in [0.05, 0.1) is 18.0 Å². The third-order valence-electron chi connectivity index (χ3n) is 2.85. The Balaban J connectivity index is 1.98. The van der Waals surface area contributed by atoms with Gasteiger partial charge in [0.25, 0.3) is 5.91 Å². The number of hydrogen-bond donors (Lipinski definition) is 1. The van der Waals surface area contributed by atoms with Crippen molar-refractivity contribution in [3.05, 3.63) is 58.2 Å². The van der Waals surface area contributed by atoms with Crippen molar-refractivity contribution in [2.75, 3.05) is 5.32 Å². The fraction of sp³-hybridized carbons (Fsp3) is 0. The molecule has 7 heteroatoms. The summed E-state index contributed by atoms with van der Waals surface area (Å²) in [6.45, 7) is 0. The number of anilines is 1. The molecule has 1 amide bonds. The molecule has 1 N–H and O–H groups in total. The second kappa shape index (κ2) is 5.75. The van der Waals surface area contributed by atoms with E-state index < -0.39 is 0 Å². The highest BCUT2D eigenvalue weighted by molar-refractivity contribution is 9.10. The van der Waals surface area contributed by atoms with Gasteiger partial charge in [0.15, 0.2) is 5.82 Å². The van der Waals surface area contributed by atoms with E-state index in [0.717, 1.165) is 10.8 Å². The fourth-order valence-electron chi connectivity index (χ4n) is 1.90. The molecule has 3 aromatic rings. The molecule has 0 radical (unpaired) electrons. The van der Waals surface area contributed by atoms with Gasteiger partial charge in [0, 0.05) is 11.6 Å². The molecular weight excluding hydrogens is 356 g/mol. The Morgan fingerprint density at radius 3 is 2.52 bits per heavy atom. The lowest BCUT2D eigenvalue weighted by molar-refractivity contribution is 0.102. The van der Waals surface area contributed by atoms with Crippen LogP contribution in [0.2, 0.25) is 5.15 Å². The van der Waals surface area contributed by atoms with E-state index in [4.69, 9.17) is 11.6 Å². The molecule has 1 aromatic carbocycles. The highest BCUT2D eigenvalue weighted by Crippen LogP contribution is 2.24. The SMILES string of the molecule is O=C(Nc1cnc(Br)cn1)c1cnc(Cl)c2ccccc12. The number of amides is 1. The first kappa shape index (κ1) is 13.9. The van der Waals surface area contributed by atoms with E-state index in [0.29, 0.717) is 21.1 Å². The largest absolute Gasteiger partial charge is 0.305 e. The van der Waals surface area contributed by atoms with Crippen LogP contribution in [0.25, 0.3) is 10.8 Å². The number of benzene rings is 1. The molecule has 0 aliphatic heterocycles. The molecule has 2 heterocycles. The molecule has 21 heavy (non-hydrogen) atoms. The Hall–Kier alpha value is -2.05. The second-order valence-electron chi connectivity index (χ2n) is 4.19. The third kappa shape index (κ3) is 2.86. The van der Waals surface area contributed by atoms with E-state index in [2.05, 4.69) is 36.2 Å². The van der Waals surface area contributed by atoms with Crippen molar-refractivity contribution >= 4 is 50.0 Å². The van der Waals surface area contributed by atoms with E-state index in [1.807, 2.05) is 24.3 Å². The van der Waals surface area contributed by atoms with Crippen molar-refractivity contribution in [3.8, 4) is 0 Å². The molecule has 0 unspecified atom stereocenters. The number of carbonyl (C=O) groups is 1. The molecule has 0 aliphatic rings. The molecule has 3 rings (SSSR count). The predicted molar refractivity (Wildman–Crippen MR) is 84.4 cm³/mol. The van der Waals surface area contributed by atoms with E-state index in [-0.39, 0.29) is 5.91 Å². The molecule has 0 saturated heterocycles. The summed E-state index contributed by atoms with van der Waals surface area (Å²) in [5.74, 6) is 0.0502. The van der Waals surface area contributed by atoms with Crippen molar-refractivity contribution in [3.63, 3.8) is 0 Å². The van der Waals surface area contributed by atoms with E-state index in [1.165, 1.54) is 18.6 Å². The summed E-state index contributed by atoms with van der Waals surface area (Å²) in [6.07, 6.45) is 4.42. The van der Waals surface area contributed by atoms with Crippen LogP contribution in [0.1, 0.15) is 10.4 Å². The highest BCUT2D eigenvalue weighted by Gasteiger charge is 2.13. The standard InChI is InChI=1S/C14H8BrClN4O/c15-11-6-18-12(7-17-11)20-14(21)10-5-19-13(16)9-4-2-1-3-8(9)10/h1-7H,(H,18,20,21). The third-order valence-corrected chi connectivity index (χ3v) is 3.56. The molecule has 0 aliphatic carbocycles. The number of aromatic nitrogens is 3. The van der Waals surface area contributed by atoms with Crippen LogP contribution in [0.5, 0.6) is 0 Å². The smallest absolute Gasteiger partial charge is 0.259 e. The monoisotopic (exact) mass is 362 g/mol. The summed E-state index contributed by atoms with van der Waals surface area (Å²) in [4.78, 5) is 24.5. The Labute approximate surface area is 133 Å². The minimum absolute atomic E-state index is 0.313. The lowest BCUT2D eigenvalue weighted by Gasteiger charge is -2.07. The zero-order chi connectivity index (χ0) is 14.8. The summed E-state index contributed by atoms with van der Waals surface area (Å²) in [7, 11) is 0. The van der Waals surface area contributed by atoms with Crippen LogP contribution >= 0.6 is 27.5 Å². The van der Waals surface area contributed by atoms with Gasteiger partial charge in [-0.2, -0.15) is 0 Å². The van der Waals surface area contributed by atoms with Crippen LogP contribution in [0, 0.1) is 0 Å². The van der Waals surface area contributed by atoms with Crippen LogP contribution in [0.15, 0.2) is 47.5 Å². The van der Waals surface area contributed by atoms with Crippen molar-refractivity contribution in [2.24, 2.45) is 0 Å². The first-order valence-corrected chi connectivity index (χ1v) is 7.14. The Kier molecular flexibility index (Phi) is 3.81. The molecule has 0 spiro atoms. The first-order valence-electron chi connectivity index (χ1n) is 5.97. The summed E-state index contributed by atoms with van der Waals surface area (Å²) >= 11 is 9.23. The zero-order valence-corrected chi connectivity index (χ0v) is 12.9. The van der Waals surface area contributed by atoms with Gasteiger partial charge < -0.3 is 5.32 Å². The number of pyridine rings is 1. The Bertz CT molecular complexity index is 823. The zero-order valence-electron chi connectivity index (χ0n) is 10.5. The maximum Gasteiger partial charge on any atom is 0.259 e. The average molecular weight is 364 g/mol. The lowest BCUT2D eigenvalue weighted by atomic mass is 10.1. The maximum absolute atomic E-state index is 12.4. The van der Waals surface area contributed by atoms with Gasteiger partial charge in [-0.25, -0.2) is 15.0 Å². The Morgan fingerprint density at radius 1 is 1.05 bits per heavy atom. The number of fused-ring (bicyclic) bond motifs is 1. The highest BCUT2D eigenvalue weighted by atomic mass is 79.9. The molecule has 104 valence electrons. The van der Waals surface area contributed by atoms with E-state index >= 15 is 0 Å². The second-order valence-corrected chi connectivity index (χ2v) is 5.36. The summed E-state index contributed by atoms with van der Waals surface area (Å²) in [5, 5.41) is 4.51. The maximum atomic E-state index is 12.4. The van der Waals surface area contributed by atoms with E-state index in [1.54, 1.807) is 0 Å². The van der Waals surface area contributed by atoms with Gasteiger partial charge in [-0.05, 0) is 21.3 Å². The van der Waals surface area contributed by atoms with Gasteiger partial charge in [0.1, 0.15) is 9.76 Å². The Morgan fingerprint density at radius 2 is 1.81 bits per heavy atom. The van der Waals surface area contributed by atoms with Gasteiger partial charge >= 0.3 is 0 Å². The average Bonchev–Trinajstić information content (AvgIpc) is 2.50. The lowest BCUT2D eigenvalue weighted by Crippen LogP contribution is -2.14. The number of nitrogens with one attached hydrogen (secondary N) is 1. The van der Waals surface area contributed by atoms with Crippen molar-refractivity contribution in [2.45, 2.75) is 0 Å². The molecule has 2 aromatic heterocycles. The summed E-state index contributed by atoms with van der Waals surface area (Å²) in [5.41, 5.74) is 0.430. The van der Waals surface area contributed by atoms with Crippen molar-refractivity contribution < 1.29 is 4.79 Å². The van der Waals surface area contributed by atoms with Crippen LogP contribution < -0.4 is 5.32 Å². The minimum Gasteiger partial charge on any atom is -0.305 e. The van der Waals surface area contributed by atoms with Crippen LogP contribution in [-0.2, 0) is 0 Å². The number of carbonyl (C=O) groups excluding carboxylic acids is 1. The van der Waals surface area contributed by atoms with Crippen LogP contribution in [0.4, 0.5) is 5.82 Å². The van der Waals surface area contributed by atoms with Crippen molar-refractivity contribution in [1.29, 1.82) is 0 Å². The quantitative estimate of drug-likeness (QED) is 0.705. The van der Waals surface area contributed by atoms with Gasteiger partial charge in [-0.3, -0.25) is 4.79 Å². The molecular formula is C14H8BrClN4O. The summed E-state index contributed by atoms with van der Waals surface area (Å²) in [6, 6.07) is 7.33. The molecule has 0 bridgehead atoms. The minimum atomic E-state index is -0.313. The fourth-order valence-corrected chi connectivity index (χ4v) is 2.32. The van der Waals surface area contributed by atoms with Crippen LogP contribution in [0.3, 0.4) is 0 Å². The first-order chi connectivity index (χ1) is 10.1. The molecule has 0 atom stereocenters. The molecule has 0 saturated carbocycles. The van der Waals surface area contributed by atoms with Crippen LogP contribution in [-0.4, -0.2) is 20.9 Å². The van der Waals surface area contributed by atoms with Gasteiger partial charge in [-0.1, -0.05) is 35.9 Å². The number of nitrogens with zero attached hydrogens (tertiary/aromatic N) is 3. The van der Waals surface area contributed by atoms with Gasteiger partial charge in [0.2, 0.25) is 0 Å². The number of halogens is 2. The normalized spacial score (nSPS) is 10.6.